The van der Waals surface area contributed by atoms with Crippen LogP contribution in [0, 0.1) is 5.92 Å². The molecule has 0 saturated heterocycles. The van der Waals surface area contributed by atoms with Crippen molar-refractivity contribution in [3.63, 3.8) is 0 Å². The molecule has 1 fully saturated rings. The van der Waals surface area contributed by atoms with E-state index in [4.69, 9.17) is 10.8 Å². The van der Waals surface area contributed by atoms with Gasteiger partial charge in [0.15, 0.2) is 0 Å². The highest BCUT2D eigenvalue weighted by molar-refractivity contribution is 6.01. The van der Waals surface area contributed by atoms with Gasteiger partial charge in [-0.25, -0.2) is 4.79 Å². The predicted molar refractivity (Wildman–Crippen MR) is 82.3 cm³/mol. The zero-order chi connectivity index (χ0) is 15.2. The number of aromatic carboxylic acids is 1. The lowest BCUT2D eigenvalue weighted by Gasteiger charge is -2.14. The first-order valence-corrected chi connectivity index (χ1v) is 7.49. The summed E-state index contributed by atoms with van der Waals surface area (Å²) < 4.78 is 0. The topological polar surface area (TPSA) is 92.4 Å². The first-order chi connectivity index (χ1) is 10.1. The van der Waals surface area contributed by atoms with Crippen LogP contribution in [-0.2, 0) is 4.79 Å². The van der Waals surface area contributed by atoms with Crippen molar-refractivity contribution in [3.05, 3.63) is 23.8 Å². The fraction of sp³-hybridized carbons (Fsp3) is 0.500. The van der Waals surface area contributed by atoms with Gasteiger partial charge in [-0.15, -0.1) is 0 Å². The SMILES string of the molecule is Nc1ccc(C(=O)O)c(NC(=O)CC2CCCCCC2)c1. The summed E-state index contributed by atoms with van der Waals surface area (Å²) in [6, 6.07) is 4.43. The summed E-state index contributed by atoms with van der Waals surface area (Å²) in [6.07, 6.45) is 7.46. The zero-order valence-corrected chi connectivity index (χ0v) is 12.1. The average molecular weight is 290 g/mol. The van der Waals surface area contributed by atoms with Crippen LogP contribution in [-0.4, -0.2) is 17.0 Å². The third-order valence-electron chi connectivity index (χ3n) is 4.00. The van der Waals surface area contributed by atoms with Crippen LogP contribution < -0.4 is 11.1 Å². The van der Waals surface area contributed by atoms with E-state index in [0.29, 0.717) is 18.0 Å². The number of nitrogen functional groups attached to an aromatic ring is 1. The lowest BCUT2D eigenvalue weighted by atomic mass is 9.96. The largest absolute Gasteiger partial charge is 0.478 e. The molecule has 114 valence electrons. The minimum atomic E-state index is -1.07. The summed E-state index contributed by atoms with van der Waals surface area (Å²) in [5, 5.41) is 11.8. The number of carbonyl (C=O) groups is 2. The number of carboxylic acids is 1. The number of nitrogens with two attached hydrogens (primary N) is 1. The number of hydrogen-bond donors (Lipinski definition) is 3. The third kappa shape index (κ3) is 4.48. The van der Waals surface area contributed by atoms with E-state index in [1.165, 1.54) is 43.9 Å². The van der Waals surface area contributed by atoms with Gasteiger partial charge >= 0.3 is 5.97 Å². The maximum Gasteiger partial charge on any atom is 0.337 e. The van der Waals surface area contributed by atoms with Crippen molar-refractivity contribution in [2.75, 3.05) is 11.1 Å². The summed E-state index contributed by atoms with van der Waals surface area (Å²) in [4.78, 5) is 23.3. The van der Waals surface area contributed by atoms with Crippen molar-refractivity contribution >= 4 is 23.3 Å². The Balaban J connectivity index is 2.01. The van der Waals surface area contributed by atoms with Crippen molar-refractivity contribution in [3.8, 4) is 0 Å². The lowest BCUT2D eigenvalue weighted by Crippen LogP contribution is -2.18. The molecule has 0 heterocycles. The molecule has 0 aliphatic heterocycles. The highest BCUT2D eigenvalue weighted by atomic mass is 16.4. The number of nitrogens with one attached hydrogen (secondary N) is 1. The Morgan fingerprint density at radius 3 is 2.48 bits per heavy atom. The number of hydrogen-bond acceptors (Lipinski definition) is 3. The van der Waals surface area contributed by atoms with Gasteiger partial charge < -0.3 is 16.2 Å². The number of carbonyl (C=O) groups excluding carboxylic acids is 1. The number of carboxylic acid groups (broad SMARTS) is 1. The summed E-state index contributed by atoms with van der Waals surface area (Å²) in [5.41, 5.74) is 6.45. The van der Waals surface area contributed by atoms with Gasteiger partial charge in [0, 0.05) is 12.1 Å². The second-order valence-corrected chi connectivity index (χ2v) is 5.72. The van der Waals surface area contributed by atoms with Crippen LogP contribution in [0.2, 0.25) is 0 Å². The average Bonchev–Trinajstić information content (AvgIpc) is 2.66. The normalized spacial score (nSPS) is 16.2. The van der Waals surface area contributed by atoms with E-state index in [0.717, 1.165) is 12.8 Å². The molecule has 0 radical (unpaired) electrons. The maximum absolute atomic E-state index is 12.1. The van der Waals surface area contributed by atoms with E-state index in [1.807, 2.05) is 0 Å². The van der Waals surface area contributed by atoms with Gasteiger partial charge in [0.05, 0.1) is 11.3 Å². The minimum absolute atomic E-state index is 0.0680. The molecule has 21 heavy (non-hydrogen) atoms. The Kier molecular flexibility index (Phi) is 5.20. The molecule has 0 atom stereocenters. The Hall–Kier alpha value is -2.04. The maximum atomic E-state index is 12.1. The summed E-state index contributed by atoms with van der Waals surface area (Å²) >= 11 is 0. The molecule has 0 bridgehead atoms. The molecule has 0 spiro atoms. The van der Waals surface area contributed by atoms with E-state index >= 15 is 0 Å². The minimum Gasteiger partial charge on any atom is -0.478 e. The van der Waals surface area contributed by atoms with Crippen molar-refractivity contribution in [2.24, 2.45) is 5.92 Å². The first kappa shape index (κ1) is 15.4. The van der Waals surface area contributed by atoms with Gasteiger partial charge in [-0.05, 0) is 37.0 Å². The molecule has 1 aromatic rings. The van der Waals surface area contributed by atoms with E-state index in [-0.39, 0.29) is 17.2 Å². The van der Waals surface area contributed by atoms with E-state index in [9.17, 15) is 9.59 Å². The van der Waals surface area contributed by atoms with Gasteiger partial charge in [-0.1, -0.05) is 25.7 Å². The van der Waals surface area contributed by atoms with Crippen LogP contribution >= 0.6 is 0 Å². The van der Waals surface area contributed by atoms with E-state index < -0.39 is 5.97 Å². The molecule has 5 heteroatoms. The predicted octanol–water partition coefficient (Wildman–Crippen LogP) is 3.27. The lowest BCUT2D eigenvalue weighted by molar-refractivity contribution is -0.117. The van der Waals surface area contributed by atoms with Crippen LogP contribution in [0.4, 0.5) is 11.4 Å². The Morgan fingerprint density at radius 2 is 1.86 bits per heavy atom. The number of anilines is 2. The molecule has 5 nitrogen and oxygen atoms in total. The summed E-state index contributed by atoms with van der Waals surface area (Å²) in [6.45, 7) is 0. The molecule has 0 aromatic heterocycles. The number of amides is 1. The molecule has 1 aliphatic rings. The van der Waals surface area contributed by atoms with Crippen LogP contribution in [0.1, 0.15) is 55.3 Å². The molecule has 0 unspecified atom stereocenters. The Morgan fingerprint density at radius 1 is 1.19 bits per heavy atom. The van der Waals surface area contributed by atoms with Crippen molar-refractivity contribution in [2.45, 2.75) is 44.9 Å². The highest BCUT2D eigenvalue weighted by Gasteiger charge is 2.18. The molecular weight excluding hydrogens is 268 g/mol. The Bertz CT molecular complexity index is 520. The molecule has 1 amide bonds. The second kappa shape index (κ2) is 7.11. The second-order valence-electron chi connectivity index (χ2n) is 5.72. The molecule has 4 N–H and O–H groups in total. The standard InChI is InChI=1S/C16H22N2O3/c17-12-7-8-13(16(20)21)14(10-12)18-15(19)9-11-5-3-1-2-4-6-11/h7-8,10-11H,1-6,9,17H2,(H,18,19)(H,20,21). The van der Waals surface area contributed by atoms with Gasteiger partial charge in [0.1, 0.15) is 0 Å². The summed E-state index contributed by atoms with van der Waals surface area (Å²) in [5.74, 6) is -0.795. The molecule has 1 aliphatic carbocycles. The quantitative estimate of drug-likeness (QED) is 0.586. The van der Waals surface area contributed by atoms with Crippen molar-refractivity contribution in [1.82, 2.24) is 0 Å². The highest BCUT2D eigenvalue weighted by Crippen LogP contribution is 2.26. The zero-order valence-electron chi connectivity index (χ0n) is 12.1. The van der Waals surface area contributed by atoms with Gasteiger partial charge in [0.25, 0.3) is 0 Å². The van der Waals surface area contributed by atoms with Crippen LogP contribution in [0.5, 0.6) is 0 Å². The number of benzene rings is 1. The van der Waals surface area contributed by atoms with Gasteiger partial charge in [0.2, 0.25) is 5.91 Å². The van der Waals surface area contributed by atoms with E-state index in [2.05, 4.69) is 5.32 Å². The van der Waals surface area contributed by atoms with Crippen LogP contribution in [0.25, 0.3) is 0 Å². The van der Waals surface area contributed by atoms with Crippen LogP contribution in [0.15, 0.2) is 18.2 Å². The summed E-state index contributed by atoms with van der Waals surface area (Å²) in [7, 11) is 0. The molecule has 2 rings (SSSR count). The smallest absolute Gasteiger partial charge is 0.337 e. The van der Waals surface area contributed by atoms with Crippen LogP contribution in [0.3, 0.4) is 0 Å². The molecule has 1 saturated carbocycles. The fourth-order valence-electron chi connectivity index (χ4n) is 2.88. The van der Waals surface area contributed by atoms with Crippen molar-refractivity contribution in [1.29, 1.82) is 0 Å². The third-order valence-corrected chi connectivity index (χ3v) is 4.00. The Labute approximate surface area is 124 Å². The van der Waals surface area contributed by atoms with E-state index in [1.54, 1.807) is 0 Å². The fourth-order valence-corrected chi connectivity index (χ4v) is 2.88. The van der Waals surface area contributed by atoms with Gasteiger partial charge in [-0.2, -0.15) is 0 Å². The van der Waals surface area contributed by atoms with Crippen molar-refractivity contribution < 1.29 is 14.7 Å². The van der Waals surface area contributed by atoms with Gasteiger partial charge in [-0.3, -0.25) is 4.79 Å². The monoisotopic (exact) mass is 290 g/mol. The molecular formula is C16H22N2O3. The first-order valence-electron chi connectivity index (χ1n) is 7.49. The molecule has 1 aromatic carbocycles. The number of rotatable bonds is 4.